The molecule has 18 heavy (non-hydrogen) atoms. The van der Waals surface area contributed by atoms with E-state index in [1.165, 1.54) is 6.08 Å². The van der Waals surface area contributed by atoms with Gasteiger partial charge in [-0.15, -0.1) is 0 Å². The number of nitrogens with zero attached hydrogens (tertiary/aromatic N) is 2. The first-order valence-corrected chi connectivity index (χ1v) is 5.53. The van der Waals surface area contributed by atoms with E-state index in [0.29, 0.717) is 5.82 Å². The average molecular weight is 244 g/mol. The van der Waals surface area contributed by atoms with Gasteiger partial charge < -0.3 is 11.1 Å². The predicted molar refractivity (Wildman–Crippen MR) is 76.7 cm³/mol. The standard InChI is InChI=1S/C14H20N4/c1-10(8-6-7-9-15)14(17-5)11(2)12(3)18-13(4)16/h6-8,18H,4,16H2,1-3,5H3/b7-6+,10-8+,12-11+,17-14-. The fourth-order valence-electron chi connectivity index (χ4n) is 1.47. The lowest BCUT2D eigenvalue weighted by Crippen LogP contribution is -2.19. The van der Waals surface area contributed by atoms with Gasteiger partial charge in [-0.1, -0.05) is 18.7 Å². The molecule has 0 heterocycles. The summed E-state index contributed by atoms with van der Waals surface area (Å²) in [5, 5.41) is 11.4. The summed E-state index contributed by atoms with van der Waals surface area (Å²) in [6.07, 6.45) is 4.96. The second kappa shape index (κ2) is 7.91. The second-order valence-corrected chi connectivity index (χ2v) is 3.81. The smallest absolute Gasteiger partial charge is 0.0928 e. The van der Waals surface area contributed by atoms with Crippen LogP contribution in [0.15, 0.2) is 52.5 Å². The summed E-state index contributed by atoms with van der Waals surface area (Å²) in [6, 6.07) is 1.94. The molecule has 0 saturated heterocycles. The van der Waals surface area contributed by atoms with Gasteiger partial charge in [0.2, 0.25) is 0 Å². The van der Waals surface area contributed by atoms with Crippen LogP contribution < -0.4 is 11.1 Å². The zero-order valence-corrected chi connectivity index (χ0v) is 11.4. The molecule has 0 atom stereocenters. The Kier molecular flexibility index (Phi) is 6.91. The van der Waals surface area contributed by atoms with Crippen molar-refractivity contribution in [2.45, 2.75) is 20.8 Å². The first-order chi connectivity index (χ1) is 8.43. The Morgan fingerprint density at radius 3 is 2.44 bits per heavy atom. The Morgan fingerprint density at radius 1 is 1.39 bits per heavy atom. The molecule has 0 aromatic rings. The van der Waals surface area contributed by atoms with Gasteiger partial charge in [0.1, 0.15) is 0 Å². The van der Waals surface area contributed by atoms with Crippen LogP contribution in [-0.2, 0) is 0 Å². The van der Waals surface area contributed by atoms with Gasteiger partial charge in [-0.3, -0.25) is 4.99 Å². The van der Waals surface area contributed by atoms with Gasteiger partial charge in [-0.2, -0.15) is 5.26 Å². The summed E-state index contributed by atoms with van der Waals surface area (Å²) < 4.78 is 0. The van der Waals surface area contributed by atoms with Gasteiger partial charge in [0, 0.05) is 18.8 Å². The molecule has 0 amide bonds. The maximum absolute atomic E-state index is 8.43. The maximum Gasteiger partial charge on any atom is 0.0928 e. The molecule has 0 unspecified atom stereocenters. The van der Waals surface area contributed by atoms with Crippen molar-refractivity contribution in [3.05, 3.63) is 47.5 Å². The molecule has 4 nitrogen and oxygen atoms in total. The van der Waals surface area contributed by atoms with Crippen molar-refractivity contribution in [2.75, 3.05) is 7.05 Å². The molecule has 0 aliphatic rings. The summed E-state index contributed by atoms with van der Waals surface area (Å²) in [7, 11) is 1.73. The highest BCUT2D eigenvalue weighted by Crippen LogP contribution is 2.11. The van der Waals surface area contributed by atoms with Gasteiger partial charge in [0.25, 0.3) is 0 Å². The molecule has 0 aromatic carbocycles. The third-order valence-corrected chi connectivity index (χ3v) is 2.38. The van der Waals surface area contributed by atoms with Crippen molar-refractivity contribution in [2.24, 2.45) is 10.7 Å². The molecule has 0 rings (SSSR count). The maximum atomic E-state index is 8.43. The molecule has 0 aliphatic carbocycles. The highest BCUT2D eigenvalue weighted by atomic mass is 15.0. The fourth-order valence-corrected chi connectivity index (χ4v) is 1.47. The second-order valence-electron chi connectivity index (χ2n) is 3.81. The lowest BCUT2D eigenvalue weighted by Gasteiger charge is -2.12. The highest BCUT2D eigenvalue weighted by molar-refractivity contribution is 6.12. The third kappa shape index (κ3) is 5.17. The summed E-state index contributed by atoms with van der Waals surface area (Å²) in [4.78, 5) is 4.26. The topological polar surface area (TPSA) is 74.2 Å². The first kappa shape index (κ1) is 15.7. The minimum Gasteiger partial charge on any atom is -0.386 e. The summed E-state index contributed by atoms with van der Waals surface area (Å²) in [5.74, 6) is 0.397. The first-order valence-electron chi connectivity index (χ1n) is 5.53. The van der Waals surface area contributed by atoms with Crippen LogP contribution in [0.5, 0.6) is 0 Å². The lowest BCUT2D eigenvalue weighted by atomic mass is 10.0. The molecule has 0 aromatic heterocycles. The van der Waals surface area contributed by atoms with Crippen LogP contribution in [0.2, 0.25) is 0 Å². The van der Waals surface area contributed by atoms with E-state index in [1.807, 2.05) is 32.9 Å². The number of hydrogen-bond donors (Lipinski definition) is 2. The van der Waals surface area contributed by atoms with E-state index in [9.17, 15) is 0 Å². The summed E-state index contributed by atoms with van der Waals surface area (Å²) >= 11 is 0. The number of allylic oxidation sites excluding steroid dienone is 6. The fraction of sp³-hybridized carbons (Fsp3) is 0.286. The van der Waals surface area contributed by atoms with Gasteiger partial charge in [0.05, 0.1) is 17.6 Å². The summed E-state index contributed by atoms with van der Waals surface area (Å²) in [5.41, 5.74) is 9.24. The van der Waals surface area contributed by atoms with Crippen LogP contribution in [0.25, 0.3) is 0 Å². The Labute approximate surface area is 109 Å². The average Bonchev–Trinajstić information content (AvgIpc) is 2.29. The zero-order chi connectivity index (χ0) is 14.1. The molecule has 96 valence electrons. The van der Waals surface area contributed by atoms with Gasteiger partial charge >= 0.3 is 0 Å². The van der Waals surface area contributed by atoms with E-state index in [-0.39, 0.29) is 0 Å². The molecular formula is C14H20N4. The Bertz CT molecular complexity index is 471. The minimum atomic E-state index is 0.397. The van der Waals surface area contributed by atoms with E-state index < -0.39 is 0 Å². The van der Waals surface area contributed by atoms with E-state index in [2.05, 4.69) is 16.9 Å². The molecule has 0 radical (unpaired) electrons. The minimum absolute atomic E-state index is 0.397. The Morgan fingerprint density at radius 2 is 2.00 bits per heavy atom. The van der Waals surface area contributed by atoms with E-state index >= 15 is 0 Å². The van der Waals surface area contributed by atoms with Crippen LogP contribution >= 0.6 is 0 Å². The molecule has 0 aliphatic heterocycles. The van der Waals surface area contributed by atoms with Crippen LogP contribution in [0.1, 0.15) is 20.8 Å². The van der Waals surface area contributed by atoms with Gasteiger partial charge in [-0.25, -0.2) is 0 Å². The van der Waals surface area contributed by atoms with E-state index in [1.54, 1.807) is 13.1 Å². The highest BCUT2D eigenvalue weighted by Gasteiger charge is 2.07. The zero-order valence-electron chi connectivity index (χ0n) is 11.4. The van der Waals surface area contributed by atoms with Crippen molar-refractivity contribution in [1.82, 2.24) is 5.32 Å². The number of hydrogen-bond acceptors (Lipinski definition) is 4. The normalized spacial score (nSPS) is 14.2. The molecule has 4 heteroatoms. The number of aliphatic imine (C=N–C) groups is 1. The predicted octanol–water partition coefficient (Wildman–Crippen LogP) is 2.40. The van der Waals surface area contributed by atoms with Crippen LogP contribution in [0.3, 0.4) is 0 Å². The molecule has 0 spiro atoms. The van der Waals surface area contributed by atoms with Crippen LogP contribution in [-0.4, -0.2) is 12.8 Å². The molecule has 0 bridgehead atoms. The SMILES string of the molecule is C=C(N)N/C(C)=C(C)/C(=N\C)C(/C)=C/C=C/C#N. The lowest BCUT2D eigenvalue weighted by molar-refractivity contribution is 0.941. The van der Waals surface area contributed by atoms with Crippen molar-refractivity contribution in [3.8, 4) is 6.07 Å². The van der Waals surface area contributed by atoms with Gasteiger partial charge in [0.15, 0.2) is 0 Å². The monoisotopic (exact) mass is 244 g/mol. The summed E-state index contributed by atoms with van der Waals surface area (Å²) in [6.45, 7) is 9.41. The Balaban J connectivity index is 5.24. The quantitative estimate of drug-likeness (QED) is 0.443. The number of nitrogens with one attached hydrogen (secondary N) is 1. The Hall–Kier alpha value is -2.28. The number of nitrogens with two attached hydrogens (primary N) is 1. The van der Waals surface area contributed by atoms with Crippen molar-refractivity contribution >= 4 is 5.71 Å². The number of nitriles is 1. The van der Waals surface area contributed by atoms with Crippen molar-refractivity contribution < 1.29 is 0 Å². The molecular weight excluding hydrogens is 224 g/mol. The van der Waals surface area contributed by atoms with Crippen molar-refractivity contribution in [3.63, 3.8) is 0 Å². The van der Waals surface area contributed by atoms with Gasteiger partial charge in [-0.05, 0) is 31.9 Å². The third-order valence-electron chi connectivity index (χ3n) is 2.38. The van der Waals surface area contributed by atoms with Crippen molar-refractivity contribution in [1.29, 1.82) is 5.26 Å². The van der Waals surface area contributed by atoms with E-state index in [4.69, 9.17) is 11.0 Å². The van der Waals surface area contributed by atoms with Crippen LogP contribution in [0, 0.1) is 11.3 Å². The van der Waals surface area contributed by atoms with Crippen LogP contribution in [0.4, 0.5) is 0 Å². The molecule has 3 N–H and O–H groups in total. The molecule has 0 saturated carbocycles. The largest absolute Gasteiger partial charge is 0.386 e. The molecule has 0 fully saturated rings. The number of rotatable bonds is 5. The van der Waals surface area contributed by atoms with E-state index in [0.717, 1.165) is 22.6 Å².